The maximum atomic E-state index is 4.90. The smallest absolute Gasteiger partial charge is 0.179 e. The molecule has 148 valence electrons. The number of nitrogens with zero attached hydrogens (tertiary/aromatic N) is 3. The fourth-order valence-electron chi connectivity index (χ4n) is 3.04. The van der Waals surface area contributed by atoms with Crippen LogP contribution in [-0.4, -0.2) is 16.1 Å². The molecular formula is C22H40N4. The zero-order chi connectivity index (χ0) is 19.9. The van der Waals surface area contributed by atoms with Crippen molar-refractivity contribution in [3.05, 3.63) is 36.7 Å². The van der Waals surface area contributed by atoms with Crippen LogP contribution in [0.2, 0.25) is 0 Å². The fraction of sp³-hybridized carbons (Fsp3) is 0.636. The van der Waals surface area contributed by atoms with Crippen molar-refractivity contribution in [3.63, 3.8) is 0 Å². The highest BCUT2D eigenvalue weighted by atomic mass is 15.1. The Labute approximate surface area is 161 Å². The van der Waals surface area contributed by atoms with Crippen LogP contribution in [0.3, 0.4) is 0 Å². The van der Waals surface area contributed by atoms with Crippen LogP contribution in [0.25, 0.3) is 6.20 Å². The predicted octanol–water partition coefficient (Wildman–Crippen LogP) is 6.20. The van der Waals surface area contributed by atoms with Gasteiger partial charge in [0.15, 0.2) is 11.3 Å². The highest BCUT2D eigenvalue weighted by Gasteiger charge is 2.17. The quantitative estimate of drug-likeness (QED) is 0.511. The van der Waals surface area contributed by atoms with Gasteiger partial charge in [0.1, 0.15) is 0 Å². The first-order valence-electron chi connectivity index (χ1n) is 10.2. The summed E-state index contributed by atoms with van der Waals surface area (Å²) >= 11 is 0. The van der Waals surface area contributed by atoms with Gasteiger partial charge in [-0.15, -0.1) is 0 Å². The molecule has 4 nitrogen and oxygen atoms in total. The highest BCUT2D eigenvalue weighted by Crippen LogP contribution is 2.27. The summed E-state index contributed by atoms with van der Waals surface area (Å²) in [4.78, 5) is 9.28. The molecule has 1 aromatic heterocycles. The molecule has 0 saturated heterocycles. The summed E-state index contributed by atoms with van der Waals surface area (Å²) in [7, 11) is 0. The number of aromatic nitrogens is 2. The topological polar surface area (TPSA) is 42.2 Å². The van der Waals surface area contributed by atoms with Gasteiger partial charge in [0.05, 0.1) is 5.69 Å². The third-order valence-electron chi connectivity index (χ3n) is 4.30. The molecular weight excluding hydrogens is 320 g/mol. The van der Waals surface area contributed by atoms with Crippen LogP contribution in [0.4, 0.5) is 5.82 Å². The van der Waals surface area contributed by atoms with Gasteiger partial charge in [0.25, 0.3) is 0 Å². The number of anilines is 1. The zero-order valence-corrected chi connectivity index (χ0v) is 17.9. The van der Waals surface area contributed by atoms with Gasteiger partial charge in [0, 0.05) is 31.1 Å². The lowest BCUT2D eigenvalue weighted by Crippen LogP contribution is -2.25. The molecule has 0 radical (unpaired) electrons. The first-order valence-corrected chi connectivity index (χ1v) is 10.2. The van der Waals surface area contributed by atoms with Crippen LogP contribution in [0.1, 0.15) is 85.3 Å². The summed E-state index contributed by atoms with van der Waals surface area (Å²) in [6, 6.07) is 0. The number of hydrogen-bond donors (Lipinski definition) is 1. The van der Waals surface area contributed by atoms with Gasteiger partial charge < -0.3 is 9.88 Å². The third-order valence-corrected chi connectivity index (χ3v) is 4.30. The summed E-state index contributed by atoms with van der Waals surface area (Å²) in [5, 5.41) is 3.40. The molecule has 0 bridgehead atoms. The molecule has 0 aliphatic heterocycles. The van der Waals surface area contributed by atoms with Gasteiger partial charge in [-0.25, -0.2) is 9.98 Å². The van der Waals surface area contributed by atoms with E-state index in [0.717, 1.165) is 36.4 Å². The van der Waals surface area contributed by atoms with Crippen molar-refractivity contribution in [3.8, 4) is 0 Å². The minimum atomic E-state index is 0.456. The molecule has 0 fully saturated rings. The van der Waals surface area contributed by atoms with Crippen LogP contribution in [0, 0.1) is 5.92 Å². The van der Waals surface area contributed by atoms with E-state index in [-0.39, 0.29) is 0 Å². The van der Waals surface area contributed by atoms with Crippen molar-refractivity contribution >= 4 is 12.0 Å². The lowest BCUT2D eigenvalue weighted by molar-refractivity contribution is 0.422. The molecule has 4 heteroatoms. The van der Waals surface area contributed by atoms with Gasteiger partial charge in [-0.1, -0.05) is 67.5 Å². The van der Waals surface area contributed by atoms with Crippen molar-refractivity contribution in [2.45, 2.75) is 79.6 Å². The van der Waals surface area contributed by atoms with E-state index in [1.165, 1.54) is 19.3 Å². The zero-order valence-electron chi connectivity index (χ0n) is 17.9. The SMILES string of the molecule is C=CN=c1c(NCCC)nc(C(CC)CC(C)CCC)cn1C=C.CC. The summed E-state index contributed by atoms with van der Waals surface area (Å²) in [6.07, 6.45) is 11.2. The lowest BCUT2D eigenvalue weighted by Gasteiger charge is -2.21. The minimum absolute atomic E-state index is 0.456. The fourth-order valence-corrected chi connectivity index (χ4v) is 3.04. The number of rotatable bonds is 11. The normalized spacial score (nSPS) is 13.4. The summed E-state index contributed by atoms with van der Waals surface area (Å²) in [5.74, 6) is 1.98. The van der Waals surface area contributed by atoms with Crippen molar-refractivity contribution in [2.24, 2.45) is 10.9 Å². The van der Waals surface area contributed by atoms with Gasteiger partial charge >= 0.3 is 0 Å². The maximum absolute atomic E-state index is 4.90. The first-order chi connectivity index (χ1) is 12.6. The molecule has 0 aliphatic rings. The summed E-state index contributed by atoms with van der Waals surface area (Å²) < 4.78 is 1.95. The van der Waals surface area contributed by atoms with Crippen LogP contribution in [-0.2, 0) is 0 Å². The Morgan fingerprint density at radius 1 is 1.23 bits per heavy atom. The molecule has 26 heavy (non-hydrogen) atoms. The van der Waals surface area contributed by atoms with Gasteiger partial charge in [-0.3, -0.25) is 0 Å². The van der Waals surface area contributed by atoms with E-state index in [1.807, 2.05) is 18.4 Å². The Kier molecular flexibility index (Phi) is 13.3. The molecule has 0 spiro atoms. The van der Waals surface area contributed by atoms with E-state index in [9.17, 15) is 0 Å². The van der Waals surface area contributed by atoms with Crippen molar-refractivity contribution in [1.82, 2.24) is 9.55 Å². The van der Waals surface area contributed by atoms with Gasteiger partial charge in [-0.2, -0.15) is 0 Å². The molecule has 2 atom stereocenters. The lowest BCUT2D eigenvalue weighted by atomic mass is 9.89. The molecule has 0 amide bonds. The summed E-state index contributed by atoms with van der Waals surface area (Å²) in [6.45, 7) is 21.5. The Morgan fingerprint density at radius 2 is 1.92 bits per heavy atom. The van der Waals surface area contributed by atoms with Crippen molar-refractivity contribution < 1.29 is 0 Å². The van der Waals surface area contributed by atoms with Gasteiger partial charge in [0.2, 0.25) is 0 Å². The second-order valence-corrected chi connectivity index (χ2v) is 6.40. The predicted molar refractivity (Wildman–Crippen MR) is 116 cm³/mol. The van der Waals surface area contributed by atoms with Crippen LogP contribution in [0.5, 0.6) is 0 Å². The van der Waals surface area contributed by atoms with Crippen LogP contribution >= 0.6 is 0 Å². The Bertz CT molecular complexity index is 586. The molecule has 1 rings (SSSR count). The Morgan fingerprint density at radius 3 is 2.42 bits per heavy atom. The van der Waals surface area contributed by atoms with Gasteiger partial charge in [-0.05, 0) is 25.2 Å². The summed E-state index contributed by atoms with van der Waals surface area (Å²) in [5.41, 5.74) is 1.87. The minimum Gasteiger partial charge on any atom is -0.367 e. The first kappa shape index (κ1) is 24.2. The van der Waals surface area contributed by atoms with Crippen molar-refractivity contribution in [1.29, 1.82) is 0 Å². The van der Waals surface area contributed by atoms with E-state index >= 15 is 0 Å². The third kappa shape index (κ3) is 7.59. The van der Waals surface area contributed by atoms with E-state index < -0.39 is 0 Å². The van der Waals surface area contributed by atoms with Crippen LogP contribution < -0.4 is 10.8 Å². The average Bonchev–Trinajstić information content (AvgIpc) is 2.67. The maximum Gasteiger partial charge on any atom is 0.179 e. The van der Waals surface area contributed by atoms with Crippen molar-refractivity contribution in [2.75, 3.05) is 11.9 Å². The Hall–Kier alpha value is -1.84. The molecule has 0 aromatic carbocycles. The molecule has 0 aliphatic carbocycles. The van der Waals surface area contributed by atoms with E-state index in [0.29, 0.717) is 11.8 Å². The molecule has 2 unspecified atom stereocenters. The largest absolute Gasteiger partial charge is 0.367 e. The number of hydrogen-bond acceptors (Lipinski definition) is 3. The molecule has 1 N–H and O–H groups in total. The van der Waals surface area contributed by atoms with E-state index in [2.05, 4.69) is 57.4 Å². The molecule has 0 saturated carbocycles. The molecule has 1 aromatic rings. The standard InChI is InChI=1S/C20H34N4.C2H6/c1-7-12-16(6)14-17(9-3)18-15-24(11-5)20(21-10-4)19(23-18)22-13-8-2;1-2/h10-11,15-17H,4-5,7-9,12-14H2,1-3,6H3,(H,22,23);1-2H3. The van der Waals surface area contributed by atoms with E-state index in [4.69, 9.17) is 4.98 Å². The second-order valence-electron chi connectivity index (χ2n) is 6.40. The monoisotopic (exact) mass is 360 g/mol. The Balaban J connectivity index is 0.00000301. The number of nitrogens with one attached hydrogen (secondary N) is 1. The average molecular weight is 361 g/mol. The molecule has 1 heterocycles. The van der Waals surface area contributed by atoms with E-state index in [1.54, 1.807) is 12.4 Å². The van der Waals surface area contributed by atoms with Crippen LogP contribution in [0.15, 0.2) is 30.5 Å². The second kappa shape index (κ2) is 14.3. The highest BCUT2D eigenvalue weighted by molar-refractivity contribution is 5.37.